The number of pyridine rings is 2. The third-order valence-corrected chi connectivity index (χ3v) is 7.64. The van der Waals surface area contributed by atoms with Gasteiger partial charge in [0.05, 0.1) is 29.2 Å². The van der Waals surface area contributed by atoms with E-state index in [-0.39, 0.29) is 35.1 Å². The number of aromatic amines is 1. The lowest BCUT2D eigenvalue weighted by molar-refractivity contribution is 0.00666. The number of H-pyrrole nitrogens is 1. The number of sulfone groups is 1. The van der Waals surface area contributed by atoms with Crippen LogP contribution in [0.3, 0.4) is 0 Å². The molecule has 0 spiro atoms. The first-order valence-electron chi connectivity index (χ1n) is 10.2. The average Bonchev–Trinajstić information content (AvgIpc) is 2.70. The molecule has 2 aliphatic rings. The Morgan fingerprint density at radius 1 is 1.28 bits per heavy atom. The van der Waals surface area contributed by atoms with Crippen molar-refractivity contribution in [2.75, 3.05) is 36.5 Å². The lowest BCUT2D eigenvalue weighted by Gasteiger charge is -2.34. The summed E-state index contributed by atoms with van der Waals surface area (Å²) < 4.78 is 29.4. The van der Waals surface area contributed by atoms with Crippen molar-refractivity contribution in [3.8, 4) is 0 Å². The van der Waals surface area contributed by atoms with Crippen LogP contribution in [0.4, 0.5) is 5.82 Å². The number of nitrogens with zero attached hydrogens (tertiary/aromatic N) is 1. The summed E-state index contributed by atoms with van der Waals surface area (Å²) >= 11 is 0. The highest BCUT2D eigenvalue weighted by molar-refractivity contribution is 7.91. The van der Waals surface area contributed by atoms with Crippen LogP contribution in [-0.2, 0) is 14.6 Å². The molecule has 2 unspecified atom stereocenters. The molecule has 0 radical (unpaired) electrons. The second-order valence-corrected chi connectivity index (χ2v) is 10.4. The van der Waals surface area contributed by atoms with E-state index in [1.54, 1.807) is 13.1 Å². The quantitative estimate of drug-likeness (QED) is 0.666. The fourth-order valence-corrected chi connectivity index (χ4v) is 5.65. The van der Waals surface area contributed by atoms with Crippen LogP contribution in [0.15, 0.2) is 23.1 Å². The molecule has 158 valence electrons. The number of piperidine rings is 1. The van der Waals surface area contributed by atoms with Crippen LogP contribution in [0, 0.1) is 12.8 Å². The van der Waals surface area contributed by atoms with Gasteiger partial charge in [-0.05, 0) is 50.8 Å². The summed E-state index contributed by atoms with van der Waals surface area (Å²) in [6, 6.07) is 3.82. The number of aromatic nitrogens is 2. The van der Waals surface area contributed by atoms with Gasteiger partial charge in [0, 0.05) is 30.3 Å². The second kappa shape index (κ2) is 8.41. The molecule has 0 amide bonds. The summed E-state index contributed by atoms with van der Waals surface area (Å²) in [6.45, 7) is 3.96. The minimum absolute atomic E-state index is 0.0449. The SMILES string of the molecule is Cc1cc2ccnc(NC3CCNCC3OCC3CCS(=O)(=O)CC3)c2[nH]c1=O. The van der Waals surface area contributed by atoms with Crippen molar-refractivity contribution < 1.29 is 13.2 Å². The number of anilines is 1. The normalized spacial score (nSPS) is 25.1. The van der Waals surface area contributed by atoms with Gasteiger partial charge in [-0.1, -0.05) is 0 Å². The molecule has 0 aliphatic carbocycles. The molecule has 4 heterocycles. The number of ether oxygens (including phenoxy) is 1. The Morgan fingerprint density at radius 2 is 2.07 bits per heavy atom. The molecule has 2 atom stereocenters. The van der Waals surface area contributed by atoms with E-state index in [1.165, 1.54) is 0 Å². The summed E-state index contributed by atoms with van der Waals surface area (Å²) in [6.07, 6.45) is 3.91. The maximum atomic E-state index is 12.1. The van der Waals surface area contributed by atoms with Gasteiger partial charge in [-0.25, -0.2) is 13.4 Å². The Kier molecular flexibility index (Phi) is 5.89. The van der Waals surface area contributed by atoms with Crippen LogP contribution >= 0.6 is 0 Å². The third kappa shape index (κ3) is 4.79. The van der Waals surface area contributed by atoms with Crippen LogP contribution in [0.5, 0.6) is 0 Å². The first-order chi connectivity index (χ1) is 13.9. The van der Waals surface area contributed by atoms with E-state index in [0.717, 1.165) is 24.9 Å². The molecular formula is C20H28N4O4S. The fourth-order valence-electron chi connectivity index (χ4n) is 4.06. The maximum absolute atomic E-state index is 12.1. The number of fused-ring (bicyclic) bond motifs is 1. The van der Waals surface area contributed by atoms with Gasteiger partial charge in [-0.15, -0.1) is 0 Å². The molecule has 29 heavy (non-hydrogen) atoms. The van der Waals surface area contributed by atoms with Crippen molar-refractivity contribution >= 4 is 26.6 Å². The third-order valence-electron chi connectivity index (χ3n) is 5.92. The minimum atomic E-state index is -2.86. The van der Waals surface area contributed by atoms with Gasteiger partial charge in [0.25, 0.3) is 5.56 Å². The van der Waals surface area contributed by atoms with Crippen LogP contribution in [-0.4, -0.2) is 61.7 Å². The fraction of sp³-hybridized carbons (Fsp3) is 0.600. The van der Waals surface area contributed by atoms with Crippen molar-refractivity contribution in [3.05, 3.63) is 34.2 Å². The van der Waals surface area contributed by atoms with Crippen molar-refractivity contribution in [1.29, 1.82) is 0 Å². The number of hydrogen-bond donors (Lipinski definition) is 3. The predicted octanol–water partition coefficient (Wildman–Crippen LogP) is 1.22. The molecule has 2 aliphatic heterocycles. The molecular weight excluding hydrogens is 392 g/mol. The smallest absolute Gasteiger partial charge is 0.251 e. The van der Waals surface area contributed by atoms with Crippen molar-refractivity contribution in [3.63, 3.8) is 0 Å². The van der Waals surface area contributed by atoms with Gasteiger partial charge in [-0.3, -0.25) is 4.79 Å². The molecule has 9 heteroatoms. The summed E-state index contributed by atoms with van der Waals surface area (Å²) in [7, 11) is -2.86. The molecule has 8 nitrogen and oxygen atoms in total. The second-order valence-electron chi connectivity index (χ2n) is 8.12. The van der Waals surface area contributed by atoms with Gasteiger partial charge >= 0.3 is 0 Å². The van der Waals surface area contributed by atoms with E-state index >= 15 is 0 Å². The highest BCUT2D eigenvalue weighted by Gasteiger charge is 2.29. The Labute approximate surface area is 170 Å². The Balaban J connectivity index is 1.45. The van der Waals surface area contributed by atoms with E-state index in [2.05, 4.69) is 20.6 Å². The van der Waals surface area contributed by atoms with Crippen LogP contribution in [0.2, 0.25) is 0 Å². The zero-order valence-corrected chi connectivity index (χ0v) is 17.4. The van der Waals surface area contributed by atoms with E-state index in [9.17, 15) is 13.2 Å². The molecule has 4 rings (SSSR count). The maximum Gasteiger partial charge on any atom is 0.251 e. The predicted molar refractivity (Wildman–Crippen MR) is 113 cm³/mol. The Bertz CT molecular complexity index is 1020. The van der Waals surface area contributed by atoms with Crippen molar-refractivity contribution in [2.24, 2.45) is 5.92 Å². The Morgan fingerprint density at radius 3 is 2.86 bits per heavy atom. The molecule has 2 fully saturated rings. The molecule has 2 aromatic heterocycles. The lowest BCUT2D eigenvalue weighted by atomic mass is 10.0. The average molecular weight is 421 g/mol. The number of hydrogen-bond acceptors (Lipinski definition) is 7. The van der Waals surface area contributed by atoms with E-state index in [0.29, 0.717) is 36.3 Å². The molecule has 2 aromatic rings. The topological polar surface area (TPSA) is 113 Å². The van der Waals surface area contributed by atoms with Gasteiger partial charge in [0.15, 0.2) is 5.82 Å². The van der Waals surface area contributed by atoms with Crippen LogP contribution in [0.1, 0.15) is 24.8 Å². The minimum Gasteiger partial charge on any atom is -0.374 e. The monoisotopic (exact) mass is 420 g/mol. The molecule has 0 bridgehead atoms. The number of rotatable bonds is 5. The largest absolute Gasteiger partial charge is 0.374 e. The van der Waals surface area contributed by atoms with Crippen molar-refractivity contribution in [1.82, 2.24) is 15.3 Å². The van der Waals surface area contributed by atoms with Gasteiger partial charge in [0.2, 0.25) is 0 Å². The van der Waals surface area contributed by atoms with E-state index < -0.39 is 9.84 Å². The highest BCUT2D eigenvalue weighted by atomic mass is 32.2. The highest BCUT2D eigenvalue weighted by Crippen LogP contribution is 2.23. The lowest BCUT2D eigenvalue weighted by Crippen LogP contribution is -2.50. The zero-order valence-electron chi connectivity index (χ0n) is 16.6. The summed E-state index contributed by atoms with van der Waals surface area (Å²) in [5, 5.41) is 7.78. The van der Waals surface area contributed by atoms with Gasteiger partial charge in [-0.2, -0.15) is 0 Å². The van der Waals surface area contributed by atoms with Crippen molar-refractivity contribution in [2.45, 2.75) is 38.3 Å². The van der Waals surface area contributed by atoms with Crippen LogP contribution < -0.4 is 16.2 Å². The molecule has 3 N–H and O–H groups in total. The van der Waals surface area contributed by atoms with E-state index in [1.807, 2.05) is 12.1 Å². The van der Waals surface area contributed by atoms with E-state index in [4.69, 9.17) is 4.74 Å². The zero-order chi connectivity index (χ0) is 20.4. The number of aryl methyl sites for hydroxylation is 1. The Hall–Kier alpha value is -1.97. The molecule has 0 aromatic carbocycles. The first-order valence-corrected chi connectivity index (χ1v) is 12.0. The summed E-state index contributed by atoms with van der Waals surface area (Å²) in [5.41, 5.74) is 1.27. The number of nitrogens with one attached hydrogen (secondary N) is 3. The van der Waals surface area contributed by atoms with Crippen LogP contribution in [0.25, 0.3) is 10.9 Å². The van der Waals surface area contributed by atoms with Gasteiger partial charge < -0.3 is 20.4 Å². The summed E-state index contributed by atoms with van der Waals surface area (Å²) in [4.78, 5) is 19.5. The molecule has 0 saturated carbocycles. The molecule has 2 saturated heterocycles. The summed E-state index contributed by atoms with van der Waals surface area (Å²) in [5.74, 6) is 1.47. The first kappa shape index (κ1) is 20.3. The standard InChI is InChI=1S/C20H28N4O4S/c1-13-10-15-2-7-22-19(18(15)24-20(13)25)23-16-3-6-21-11-17(16)28-12-14-4-8-29(26,27)9-5-14/h2,7,10,14,16-17,21H,3-6,8-9,11-12H2,1H3,(H,22,23)(H,24,25). The van der Waals surface area contributed by atoms with Gasteiger partial charge in [0.1, 0.15) is 9.84 Å².